The molecular formula is C11H6BrClN2O3. The molecule has 1 aromatic carbocycles. The van der Waals surface area contributed by atoms with Crippen LogP contribution < -0.4 is 5.43 Å². The van der Waals surface area contributed by atoms with Crippen molar-refractivity contribution in [2.24, 2.45) is 0 Å². The van der Waals surface area contributed by atoms with Gasteiger partial charge in [0.25, 0.3) is 0 Å². The normalized spacial score (nSPS) is 10.3. The molecule has 18 heavy (non-hydrogen) atoms. The van der Waals surface area contributed by atoms with Crippen molar-refractivity contribution in [2.75, 3.05) is 0 Å². The van der Waals surface area contributed by atoms with E-state index in [2.05, 4.69) is 21.0 Å². The summed E-state index contributed by atoms with van der Waals surface area (Å²) in [6, 6.07) is 6.21. The predicted molar refractivity (Wildman–Crippen MR) is 69.5 cm³/mol. The lowest BCUT2D eigenvalue weighted by molar-refractivity contribution is 0.0687. The van der Waals surface area contributed by atoms with Crippen LogP contribution in [0.1, 0.15) is 10.5 Å². The molecule has 0 unspecified atom stereocenters. The van der Waals surface area contributed by atoms with Gasteiger partial charge in [-0.25, -0.2) is 9.48 Å². The Morgan fingerprint density at radius 1 is 1.39 bits per heavy atom. The number of carboxylic acids is 1. The van der Waals surface area contributed by atoms with Gasteiger partial charge in [0.1, 0.15) is 0 Å². The van der Waals surface area contributed by atoms with Gasteiger partial charge in [-0.1, -0.05) is 17.7 Å². The van der Waals surface area contributed by atoms with E-state index < -0.39 is 17.1 Å². The van der Waals surface area contributed by atoms with Crippen molar-refractivity contribution in [1.29, 1.82) is 0 Å². The van der Waals surface area contributed by atoms with Crippen molar-refractivity contribution in [2.45, 2.75) is 0 Å². The maximum atomic E-state index is 11.3. The Labute approximate surface area is 115 Å². The van der Waals surface area contributed by atoms with Crippen LogP contribution in [-0.2, 0) is 0 Å². The zero-order chi connectivity index (χ0) is 13.3. The van der Waals surface area contributed by atoms with Crippen molar-refractivity contribution < 1.29 is 9.90 Å². The SMILES string of the molecule is O=C(O)c1nn(-c2cccc(Cl)c2Br)ccc1=O. The van der Waals surface area contributed by atoms with Gasteiger partial charge < -0.3 is 5.11 Å². The molecule has 2 aromatic rings. The highest BCUT2D eigenvalue weighted by Gasteiger charge is 2.13. The number of nitrogens with zero attached hydrogens (tertiary/aromatic N) is 2. The van der Waals surface area contributed by atoms with Crippen LogP contribution in [0.4, 0.5) is 0 Å². The molecule has 2 rings (SSSR count). The minimum atomic E-state index is -1.37. The van der Waals surface area contributed by atoms with Gasteiger partial charge in [0.05, 0.1) is 15.2 Å². The van der Waals surface area contributed by atoms with E-state index in [1.165, 1.54) is 10.9 Å². The van der Waals surface area contributed by atoms with Gasteiger partial charge in [0.15, 0.2) is 0 Å². The Morgan fingerprint density at radius 2 is 2.11 bits per heavy atom. The number of aromatic carboxylic acids is 1. The van der Waals surface area contributed by atoms with Gasteiger partial charge in [0, 0.05) is 12.3 Å². The molecule has 0 bridgehead atoms. The Kier molecular flexibility index (Phi) is 3.49. The number of halogens is 2. The van der Waals surface area contributed by atoms with E-state index in [0.29, 0.717) is 15.2 Å². The van der Waals surface area contributed by atoms with Crippen LogP contribution in [0.25, 0.3) is 5.69 Å². The van der Waals surface area contributed by atoms with Gasteiger partial charge in [-0.15, -0.1) is 0 Å². The average Bonchev–Trinajstić information content (AvgIpc) is 2.33. The fraction of sp³-hybridized carbons (Fsp3) is 0. The van der Waals surface area contributed by atoms with Crippen molar-refractivity contribution in [3.8, 4) is 5.69 Å². The van der Waals surface area contributed by atoms with E-state index in [0.717, 1.165) is 6.07 Å². The summed E-state index contributed by atoms with van der Waals surface area (Å²) in [6.45, 7) is 0. The molecular weight excluding hydrogens is 323 g/mol. The van der Waals surface area contributed by atoms with E-state index in [4.69, 9.17) is 16.7 Å². The van der Waals surface area contributed by atoms with Gasteiger partial charge in [0.2, 0.25) is 11.1 Å². The number of hydrogen-bond donors (Lipinski definition) is 1. The molecule has 0 aliphatic carbocycles. The first-order valence-corrected chi connectivity index (χ1v) is 5.95. The quantitative estimate of drug-likeness (QED) is 0.918. The molecule has 5 nitrogen and oxygen atoms in total. The minimum absolute atomic E-state index is 0.463. The first-order valence-electron chi connectivity index (χ1n) is 4.78. The van der Waals surface area contributed by atoms with Crippen molar-refractivity contribution in [1.82, 2.24) is 9.78 Å². The third-order valence-electron chi connectivity index (χ3n) is 2.19. The molecule has 0 spiro atoms. The van der Waals surface area contributed by atoms with Gasteiger partial charge in [-0.05, 0) is 28.1 Å². The van der Waals surface area contributed by atoms with Crippen molar-refractivity contribution >= 4 is 33.5 Å². The summed E-state index contributed by atoms with van der Waals surface area (Å²) >= 11 is 9.21. The molecule has 1 aromatic heterocycles. The van der Waals surface area contributed by atoms with Crippen molar-refractivity contribution in [3.05, 3.63) is 55.9 Å². The van der Waals surface area contributed by atoms with E-state index in [1.807, 2.05) is 0 Å². The number of carboxylic acid groups (broad SMARTS) is 1. The van der Waals surface area contributed by atoms with Crippen LogP contribution in [0, 0.1) is 0 Å². The van der Waals surface area contributed by atoms with Crippen LogP contribution in [0.5, 0.6) is 0 Å². The molecule has 0 amide bonds. The Balaban J connectivity index is 2.65. The fourth-order valence-corrected chi connectivity index (χ4v) is 1.97. The second kappa shape index (κ2) is 4.91. The van der Waals surface area contributed by atoms with Crippen LogP contribution in [0.2, 0.25) is 5.02 Å². The summed E-state index contributed by atoms with van der Waals surface area (Å²) in [5, 5.41) is 13.1. The smallest absolute Gasteiger partial charge is 0.360 e. The number of carbonyl (C=O) groups is 1. The molecule has 1 heterocycles. The summed E-state index contributed by atoms with van der Waals surface area (Å²) in [5.74, 6) is -1.37. The second-order valence-electron chi connectivity index (χ2n) is 3.35. The first kappa shape index (κ1) is 12.8. The van der Waals surface area contributed by atoms with Crippen LogP contribution in [0.15, 0.2) is 39.7 Å². The third kappa shape index (κ3) is 2.30. The fourth-order valence-electron chi connectivity index (χ4n) is 1.36. The maximum absolute atomic E-state index is 11.3. The zero-order valence-corrected chi connectivity index (χ0v) is 11.1. The first-order chi connectivity index (χ1) is 8.50. The molecule has 0 saturated carbocycles. The van der Waals surface area contributed by atoms with E-state index in [1.54, 1.807) is 18.2 Å². The highest BCUT2D eigenvalue weighted by atomic mass is 79.9. The number of aromatic nitrogens is 2. The molecule has 0 aliphatic heterocycles. The zero-order valence-electron chi connectivity index (χ0n) is 8.80. The third-order valence-corrected chi connectivity index (χ3v) is 3.57. The summed E-state index contributed by atoms with van der Waals surface area (Å²) in [4.78, 5) is 22.1. The molecule has 7 heteroatoms. The predicted octanol–water partition coefficient (Wildman–Crippen LogP) is 2.35. The van der Waals surface area contributed by atoms with Gasteiger partial charge in [-0.2, -0.15) is 5.10 Å². The lowest BCUT2D eigenvalue weighted by Crippen LogP contribution is -2.20. The number of benzene rings is 1. The molecule has 0 saturated heterocycles. The summed E-state index contributed by atoms with van der Waals surface area (Å²) in [6.07, 6.45) is 1.38. The second-order valence-corrected chi connectivity index (χ2v) is 4.55. The molecule has 0 fully saturated rings. The van der Waals surface area contributed by atoms with Crippen LogP contribution in [-0.4, -0.2) is 20.9 Å². The Morgan fingerprint density at radius 3 is 2.78 bits per heavy atom. The van der Waals surface area contributed by atoms with E-state index >= 15 is 0 Å². The van der Waals surface area contributed by atoms with E-state index in [9.17, 15) is 9.59 Å². The Hall–Kier alpha value is -1.66. The molecule has 1 N–H and O–H groups in total. The minimum Gasteiger partial charge on any atom is -0.476 e. The highest BCUT2D eigenvalue weighted by Crippen LogP contribution is 2.28. The molecule has 0 aliphatic rings. The summed E-state index contributed by atoms with van der Waals surface area (Å²) in [7, 11) is 0. The lowest BCUT2D eigenvalue weighted by Gasteiger charge is -2.08. The lowest BCUT2D eigenvalue weighted by atomic mass is 10.3. The standard InChI is InChI=1S/C11H6BrClN2O3/c12-9-6(13)2-1-3-7(9)15-5-4-8(16)10(14-15)11(17)18/h1-5H,(H,17,18). The molecule has 0 radical (unpaired) electrons. The average molecular weight is 330 g/mol. The molecule has 92 valence electrons. The van der Waals surface area contributed by atoms with E-state index in [-0.39, 0.29) is 0 Å². The monoisotopic (exact) mass is 328 g/mol. The topological polar surface area (TPSA) is 72.2 Å². The summed E-state index contributed by atoms with van der Waals surface area (Å²) < 4.78 is 1.85. The van der Waals surface area contributed by atoms with Gasteiger partial charge in [-0.3, -0.25) is 4.79 Å². The largest absolute Gasteiger partial charge is 0.476 e. The maximum Gasteiger partial charge on any atom is 0.360 e. The number of hydrogen-bond acceptors (Lipinski definition) is 3. The number of rotatable bonds is 2. The Bertz CT molecular complexity index is 684. The van der Waals surface area contributed by atoms with Gasteiger partial charge >= 0.3 is 5.97 Å². The summed E-state index contributed by atoms with van der Waals surface area (Å²) in [5.41, 5.74) is -0.633. The highest BCUT2D eigenvalue weighted by molar-refractivity contribution is 9.10. The molecule has 0 atom stereocenters. The van der Waals surface area contributed by atoms with Crippen molar-refractivity contribution in [3.63, 3.8) is 0 Å². The van der Waals surface area contributed by atoms with Crippen LogP contribution >= 0.6 is 27.5 Å². The van der Waals surface area contributed by atoms with Crippen LogP contribution in [0.3, 0.4) is 0 Å².